The summed E-state index contributed by atoms with van der Waals surface area (Å²) in [4.78, 5) is 4.61. The second kappa shape index (κ2) is 3.25. The van der Waals surface area contributed by atoms with Gasteiger partial charge in [-0.25, -0.2) is 0 Å². The number of rotatable bonds is 1. The molecule has 0 N–H and O–H groups in total. The number of aromatic nitrogens is 1. The molecule has 1 aromatic heterocycles. The van der Waals surface area contributed by atoms with E-state index < -0.39 is 10.8 Å². The van der Waals surface area contributed by atoms with Gasteiger partial charge in [0.2, 0.25) is 0 Å². The molecule has 0 radical (unpaired) electrons. The zero-order valence-electron chi connectivity index (χ0n) is 5.37. The molecule has 0 aromatic carbocycles. The zero-order valence-corrected chi connectivity index (χ0v) is 7.78. The van der Waals surface area contributed by atoms with E-state index in [-0.39, 0.29) is 0 Å². The van der Waals surface area contributed by atoms with Crippen LogP contribution in [0.25, 0.3) is 0 Å². The molecule has 1 atom stereocenters. The van der Waals surface area contributed by atoms with Gasteiger partial charge in [0.25, 0.3) is 0 Å². The minimum Gasteiger partial charge on any atom is -0.262 e. The summed E-state index contributed by atoms with van der Waals surface area (Å²) in [6, 6.07) is 1.79. The third kappa shape index (κ3) is 1.88. The molecule has 2 nitrogen and oxygen atoms in total. The average Bonchev–Trinajstić information content (AvgIpc) is 1.88. The smallest absolute Gasteiger partial charge is 0.0579 e. The normalized spacial score (nSPS) is 13.0. The summed E-state index contributed by atoms with van der Waals surface area (Å²) >= 11 is 3.23. The lowest BCUT2D eigenvalue weighted by Crippen LogP contribution is -1.87. The molecule has 10 heavy (non-hydrogen) atoms. The van der Waals surface area contributed by atoms with Crippen LogP contribution in [-0.2, 0) is 10.8 Å². The van der Waals surface area contributed by atoms with Crippen molar-refractivity contribution < 1.29 is 4.21 Å². The molecule has 4 heteroatoms. The highest BCUT2D eigenvalue weighted by Gasteiger charge is 1.96. The van der Waals surface area contributed by atoms with Gasteiger partial charge in [-0.2, -0.15) is 0 Å². The Morgan fingerprint density at radius 2 is 2.30 bits per heavy atom. The lowest BCUT2D eigenvalue weighted by Gasteiger charge is -1.93. The van der Waals surface area contributed by atoms with Gasteiger partial charge in [0.05, 0.1) is 15.7 Å². The molecule has 1 heterocycles. The topological polar surface area (TPSA) is 30.0 Å². The Morgan fingerprint density at radius 1 is 1.60 bits per heavy atom. The summed E-state index contributed by atoms with van der Waals surface area (Å²) in [6.07, 6.45) is 4.89. The van der Waals surface area contributed by atoms with Crippen LogP contribution in [0.1, 0.15) is 0 Å². The van der Waals surface area contributed by atoms with E-state index in [4.69, 9.17) is 0 Å². The van der Waals surface area contributed by atoms with Crippen LogP contribution < -0.4 is 0 Å². The van der Waals surface area contributed by atoms with Crippen molar-refractivity contribution in [2.24, 2.45) is 0 Å². The highest BCUT2D eigenvalue weighted by atomic mass is 79.9. The van der Waals surface area contributed by atoms with Crippen molar-refractivity contribution in [2.45, 2.75) is 4.90 Å². The molecular formula is C6H6BrNOS. The van der Waals surface area contributed by atoms with Crippen LogP contribution in [0.15, 0.2) is 27.8 Å². The van der Waals surface area contributed by atoms with E-state index in [9.17, 15) is 4.21 Å². The predicted octanol–water partition coefficient (Wildman–Crippen LogP) is 1.58. The molecule has 0 saturated carbocycles. The Hall–Kier alpha value is -0.220. The van der Waals surface area contributed by atoms with Crippen molar-refractivity contribution in [3.05, 3.63) is 22.9 Å². The van der Waals surface area contributed by atoms with Gasteiger partial charge in [-0.1, -0.05) is 0 Å². The van der Waals surface area contributed by atoms with E-state index in [0.717, 1.165) is 9.37 Å². The molecule has 0 amide bonds. The monoisotopic (exact) mass is 219 g/mol. The third-order valence-electron chi connectivity index (χ3n) is 1.01. The molecule has 1 rings (SSSR count). The molecule has 54 valence electrons. The summed E-state index contributed by atoms with van der Waals surface area (Å²) in [7, 11) is -0.932. The Balaban J connectivity index is 3.07. The molecule has 0 spiro atoms. The van der Waals surface area contributed by atoms with Gasteiger partial charge in [-0.3, -0.25) is 9.19 Å². The molecule has 0 unspecified atom stereocenters. The molecule has 0 saturated heterocycles. The van der Waals surface area contributed by atoms with Crippen molar-refractivity contribution in [1.29, 1.82) is 0 Å². The van der Waals surface area contributed by atoms with Crippen LogP contribution in [0.5, 0.6) is 0 Å². The van der Waals surface area contributed by atoms with Gasteiger partial charge in [0, 0.05) is 23.1 Å². The van der Waals surface area contributed by atoms with Gasteiger partial charge in [-0.15, -0.1) is 0 Å². The highest BCUT2D eigenvalue weighted by molar-refractivity contribution is 9.10. The summed E-state index contributed by atoms with van der Waals surface area (Å²) in [5.41, 5.74) is 0. The van der Waals surface area contributed by atoms with Gasteiger partial charge in [-0.05, 0) is 22.0 Å². The minimum absolute atomic E-state index is 0.745. The first-order valence-electron chi connectivity index (χ1n) is 2.64. The van der Waals surface area contributed by atoms with Crippen LogP contribution in [0.3, 0.4) is 0 Å². The number of hydrogen-bond acceptors (Lipinski definition) is 2. The Bertz CT molecular complexity index is 264. The number of hydrogen-bond donors (Lipinski definition) is 0. The van der Waals surface area contributed by atoms with Gasteiger partial charge in [0.1, 0.15) is 0 Å². The van der Waals surface area contributed by atoms with E-state index in [1.807, 2.05) is 0 Å². The second-order valence-electron chi connectivity index (χ2n) is 1.79. The van der Waals surface area contributed by atoms with Crippen molar-refractivity contribution in [2.75, 3.05) is 6.26 Å². The Kier molecular flexibility index (Phi) is 2.56. The Labute approximate surface area is 70.3 Å². The van der Waals surface area contributed by atoms with Crippen LogP contribution >= 0.6 is 15.9 Å². The molecule has 0 aliphatic heterocycles. The number of nitrogens with zero attached hydrogens (tertiary/aromatic N) is 1. The number of pyridine rings is 1. The highest BCUT2D eigenvalue weighted by Crippen LogP contribution is 2.11. The second-order valence-corrected chi connectivity index (χ2v) is 4.09. The molecule has 0 fully saturated rings. The first-order chi connectivity index (χ1) is 4.70. The standard InChI is InChI=1S/C6H6BrNOS/c1-10(9)6-2-5(7)3-8-4-6/h2-4H,1H3/t10-/m0/s1. The molecule has 0 aliphatic carbocycles. The lowest BCUT2D eigenvalue weighted by atomic mass is 10.5. The molecule has 0 bridgehead atoms. The fourth-order valence-electron chi connectivity index (χ4n) is 0.550. The minimum atomic E-state index is -0.932. The Morgan fingerprint density at radius 3 is 2.70 bits per heavy atom. The summed E-state index contributed by atoms with van der Waals surface area (Å²) in [5, 5.41) is 0. The number of halogens is 1. The first-order valence-corrected chi connectivity index (χ1v) is 4.99. The summed E-state index contributed by atoms with van der Waals surface area (Å²) in [6.45, 7) is 0. The van der Waals surface area contributed by atoms with Crippen molar-refractivity contribution >= 4 is 26.7 Å². The van der Waals surface area contributed by atoms with Crippen molar-refractivity contribution in [1.82, 2.24) is 4.98 Å². The van der Waals surface area contributed by atoms with E-state index in [2.05, 4.69) is 20.9 Å². The van der Waals surface area contributed by atoms with Crippen LogP contribution in [0, 0.1) is 0 Å². The first kappa shape index (κ1) is 7.88. The van der Waals surface area contributed by atoms with Crippen molar-refractivity contribution in [3.63, 3.8) is 0 Å². The van der Waals surface area contributed by atoms with Gasteiger partial charge in [0.15, 0.2) is 0 Å². The maximum atomic E-state index is 10.8. The maximum Gasteiger partial charge on any atom is 0.0579 e. The van der Waals surface area contributed by atoms with Gasteiger partial charge >= 0.3 is 0 Å². The summed E-state index contributed by atoms with van der Waals surface area (Å²) < 4.78 is 11.7. The maximum absolute atomic E-state index is 10.8. The van der Waals surface area contributed by atoms with Crippen LogP contribution in [0.2, 0.25) is 0 Å². The van der Waals surface area contributed by atoms with E-state index in [1.54, 1.807) is 24.7 Å². The van der Waals surface area contributed by atoms with E-state index in [1.165, 1.54) is 0 Å². The van der Waals surface area contributed by atoms with E-state index >= 15 is 0 Å². The predicted molar refractivity (Wildman–Crippen MR) is 44.3 cm³/mol. The molecule has 1 aromatic rings. The largest absolute Gasteiger partial charge is 0.262 e. The fraction of sp³-hybridized carbons (Fsp3) is 0.167. The average molecular weight is 220 g/mol. The summed E-state index contributed by atoms with van der Waals surface area (Å²) in [5.74, 6) is 0. The van der Waals surface area contributed by atoms with Crippen LogP contribution in [0.4, 0.5) is 0 Å². The zero-order chi connectivity index (χ0) is 7.56. The van der Waals surface area contributed by atoms with Crippen molar-refractivity contribution in [3.8, 4) is 0 Å². The van der Waals surface area contributed by atoms with Gasteiger partial charge < -0.3 is 0 Å². The quantitative estimate of drug-likeness (QED) is 0.719. The SMILES string of the molecule is C[S@](=O)c1cncc(Br)c1. The van der Waals surface area contributed by atoms with Crippen LogP contribution in [-0.4, -0.2) is 15.4 Å². The fourth-order valence-corrected chi connectivity index (χ4v) is 1.57. The lowest BCUT2D eigenvalue weighted by molar-refractivity contribution is 0.686. The third-order valence-corrected chi connectivity index (χ3v) is 2.33. The van der Waals surface area contributed by atoms with E-state index in [0.29, 0.717) is 0 Å². The molecular weight excluding hydrogens is 214 g/mol. The molecule has 0 aliphatic rings.